The van der Waals surface area contributed by atoms with E-state index in [2.05, 4.69) is 14.9 Å². The van der Waals surface area contributed by atoms with Crippen molar-refractivity contribution in [3.63, 3.8) is 0 Å². The Morgan fingerprint density at radius 3 is 2.61 bits per heavy atom. The lowest BCUT2D eigenvalue weighted by atomic mass is 10.1. The van der Waals surface area contributed by atoms with E-state index in [-0.39, 0.29) is 5.91 Å². The summed E-state index contributed by atoms with van der Waals surface area (Å²) < 4.78 is 2.07. The number of benzene rings is 1. The fourth-order valence-corrected chi connectivity index (χ4v) is 1.79. The maximum atomic E-state index is 11.6. The van der Waals surface area contributed by atoms with Gasteiger partial charge in [-0.3, -0.25) is 4.79 Å². The summed E-state index contributed by atoms with van der Waals surface area (Å²) >= 11 is 0. The van der Waals surface area contributed by atoms with Crippen molar-refractivity contribution < 1.29 is 4.79 Å². The van der Waals surface area contributed by atoms with Crippen LogP contribution < -0.4 is 5.32 Å². The minimum absolute atomic E-state index is 0.0251. The third kappa shape index (κ3) is 2.77. The average Bonchev–Trinajstić information content (AvgIpc) is 2.76. The van der Waals surface area contributed by atoms with Crippen molar-refractivity contribution >= 4 is 5.91 Å². The fourth-order valence-electron chi connectivity index (χ4n) is 1.79. The van der Waals surface area contributed by atoms with Gasteiger partial charge in [-0.15, -0.1) is 0 Å². The van der Waals surface area contributed by atoms with Crippen molar-refractivity contribution in [2.75, 3.05) is 6.54 Å². The molecule has 1 N–H and O–H groups in total. The monoisotopic (exact) mass is 243 g/mol. The molecule has 0 aliphatic heterocycles. The highest BCUT2D eigenvalue weighted by Gasteiger charge is 2.04. The van der Waals surface area contributed by atoms with Crippen molar-refractivity contribution in [2.24, 2.45) is 0 Å². The van der Waals surface area contributed by atoms with Gasteiger partial charge >= 0.3 is 0 Å². The lowest BCUT2D eigenvalue weighted by Crippen LogP contribution is -2.22. The molecule has 1 amide bonds. The van der Waals surface area contributed by atoms with Gasteiger partial charge in [0.05, 0.1) is 0 Å². The van der Waals surface area contributed by atoms with Crippen LogP contribution in [0.3, 0.4) is 0 Å². The molecule has 18 heavy (non-hydrogen) atoms. The largest absolute Gasteiger partial charge is 0.352 e. The zero-order chi connectivity index (χ0) is 13.0. The Labute approximate surface area is 107 Å². The number of carbonyl (C=O) groups excluding carboxylic acids is 1. The molecule has 0 fully saturated rings. The van der Waals surface area contributed by atoms with E-state index in [0.717, 1.165) is 17.9 Å². The van der Waals surface area contributed by atoms with Crippen molar-refractivity contribution in [3.05, 3.63) is 53.6 Å². The van der Waals surface area contributed by atoms with Crippen LogP contribution in [0.25, 0.3) is 0 Å². The maximum Gasteiger partial charge on any atom is 0.251 e. The van der Waals surface area contributed by atoms with Gasteiger partial charge in [0.25, 0.3) is 5.91 Å². The molecule has 1 aromatic carbocycles. The molecule has 0 aliphatic carbocycles. The minimum Gasteiger partial charge on any atom is -0.352 e. The number of aromatic nitrogens is 2. The number of imidazole rings is 1. The van der Waals surface area contributed by atoms with Crippen LogP contribution in [-0.2, 0) is 6.54 Å². The van der Waals surface area contributed by atoms with Crippen LogP contribution in [0.2, 0.25) is 0 Å². The molecule has 2 aromatic rings. The maximum absolute atomic E-state index is 11.6. The van der Waals surface area contributed by atoms with Crippen molar-refractivity contribution in [2.45, 2.75) is 20.4 Å². The van der Waals surface area contributed by atoms with Crippen LogP contribution in [0, 0.1) is 6.92 Å². The normalized spacial score (nSPS) is 10.3. The first kappa shape index (κ1) is 12.4. The van der Waals surface area contributed by atoms with Gasteiger partial charge in [-0.1, -0.05) is 12.1 Å². The number of amides is 1. The fraction of sp³-hybridized carbons (Fsp3) is 0.286. The molecule has 0 bridgehead atoms. The number of aryl methyl sites for hydroxylation is 1. The van der Waals surface area contributed by atoms with Crippen LogP contribution in [0.4, 0.5) is 0 Å². The molecule has 94 valence electrons. The Morgan fingerprint density at radius 1 is 1.33 bits per heavy atom. The number of hydrogen-bond donors (Lipinski definition) is 1. The first-order valence-electron chi connectivity index (χ1n) is 6.05. The zero-order valence-electron chi connectivity index (χ0n) is 10.7. The number of nitrogens with zero attached hydrogens (tertiary/aromatic N) is 2. The van der Waals surface area contributed by atoms with Gasteiger partial charge in [0.2, 0.25) is 0 Å². The predicted octanol–water partition coefficient (Wildman–Crippen LogP) is 1.99. The van der Waals surface area contributed by atoms with E-state index in [1.807, 2.05) is 44.3 Å². The molecule has 0 unspecified atom stereocenters. The van der Waals surface area contributed by atoms with E-state index in [1.54, 1.807) is 6.20 Å². The lowest BCUT2D eigenvalue weighted by Gasteiger charge is -2.06. The predicted molar refractivity (Wildman–Crippen MR) is 70.5 cm³/mol. The van der Waals surface area contributed by atoms with Crippen molar-refractivity contribution in [1.29, 1.82) is 0 Å². The number of hydrogen-bond acceptors (Lipinski definition) is 2. The molecule has 0 spiro atoms. The average molecular weight is 243 g/mol. The molecule has 0 aliphatic rings. The third-order valence-corrected chi connectivity index (χ3v) is 2.83. The first-order chi connectivity index (χ1) is 8.70. The smallest absolute Gasteiger partial charge is 0.251 e. The van der Waals surface area contributed by atoms with Gasteiger partial charge in [0.1, 0.15) is 5.82 Å². The highest BCUT2D eigenvalue weighted by molar-refractivity contribution is 5.94. The van der Waals surface area contributed by atoms with Crippen molar-refractivity contribution in [1.82, 2.24) is 14.9 Å². The van der Waals surface area contributed by atoms with Crippen LogP contribution in [-0.4, -0.2) is 22.0 Å². The molecule has 4 nitrogen and oxygen atoms in total. The van der Waals surface area contributed by atoms with Crippen LogP contribution >= 0.6 is 0 Å². The zero-order valence-corrected chi connectivity index (χ0v) is 10.7. The molecule has 0 radical (unpaired) electrons. The quantitative estimate of drug-likeness (QED) is 0.892. The summed E-state index contributed by atoms with van der Waals surface area (Å²) in [5.74, 6) is 0.964. The summed E-state index contributed by atoms with van der Waals surface area (Å²) in [6, 6.07) is 7.66. The van der Waals surface area contributed by atoms with Gasteiger partial charge in [0.15, 0.2) is 0 Å². The summed E-state index contributed by atoms with van der Waals surface area (Å²) in [6.07, 6.45) is 3.74. The van der Waals surface area contributed by atoms with Gasteiger partial charge in [-0.25, -0.2) is 4.98 Å². The molecule has 0 saturated carbocycles. The number of nitrogens with one attached hydrogen (secondary N) is 1. The van der Waals surface area contributed by atoms with E-state index < -0.39 is 0 Å². The summed E-state index contributed by atoms with van der Waals surface area (Å²) in [4.78, 5) is 15.8. The van der Waals surface area contributed by atoms with Gasteiger partial charge in [-0.2, -0.15) is 0 Å². The molecule has 2 rings (SSSR count). The Kier molecular flexibility index (Phi) is 3.77. The van der Waals surface area contributed by atoms with E-state index in [9.17, 15) is 4.79 Å². The second-order valence-electron chi connectivity index (χ2n) is 4.16. The second-order valence-corrected chi connectivity index (χ2v) is 4.16. The Hall–Kier alpha value is -2.10. The summed E-state index contributed by atoms with van der Waals surface area (Å²) in [5, 5.41) is 2.78. The highest BCUT2D eigenvalue weighted by Crippen LogP contribution is 2.07. The van der Waals surface area contributed by atoms with Gasteiger partial charge in [-0.05, 0) is 31.5 Å². The summed E-state index contributed by atoms with van der Waals surface area (Å²) in [7, 11) is 0. The van der Waals surface area contributed by atoms with E-state index in [0.29, 0.717) is 12.1 Å². The number of carbonyl (C=O) groups is 1. The van der Waals surface area contributed by atoms with Crippen molar-refractivity contribution in [3.8, 4) is 0 Å². The Bertz CT molecular complexity index is 528. The third-order valence-electron chi connectivity index (χ3n) is 2.83. The van der Waals surface area contributed by atoms with E-state index in [1.165, 1.54) is 0 Å². The van der Waals surface area contributed by atoms with E-state index >= 15 is 0 Å². The second kappa shape index (κ2) is 5.49. The molecule has 1 heterocycles. The van der Waals surface area contributed by atoms with E-state index in [4.69, 9.17) is 0 Å². The summed E-state index contributed by atoms with van der Waals surface area (Å²) in [5.41, 5.74) is 1.85. The SMILES string of the molecule is CCNC(=O)c1ccc(Cn2ccnc2C)cc1. The van der Waals surface area contributed by atoms with Gasteiger partial charge in [0, 0.05) is 31.0 Å². The summed E-state index contributed by atoms with van der Waals surface area (Å²) in [6.45, 7) is 5.31. The topological polar surface area (TPSA) is 46.9 Å². The molecule has 1 aromatic heterocycles. The molecule has 0 saturated heterocycles. The molecule has 4 heteroatoms. The van der Waals surface area contributed by atoms with Crippen LogP contribution in [0.15, 0.2) is 36.7 Å². The van der Waals surface area contributed by atoms with Crippen LogP contribution in [0.1, 0.15) is 28.7 Å². The highest BCUT2D eigenvalue weighted by atomic mass is 16.1. The molecule has 0 atom stereocenters. The van der Waals surface area contributed by atoms with Crippen LogP contribution in [0.5, 0.6) is 0 Å². The molecular weight excluding hydrogens is 226 g/mol. The minimum atomic E-state index is -0.0251. The Morgan fingerprint density at radius 2 is 2.06 bits per heavy atom. The first-order valence-corrected chi connectivity index (χ1v) is 6.05. The lowest BCUT2D eigenvalue weighted by molar-refractivity contribution is 0.0956. The standard InChI is InChI=1S/C14H17N3O/c1-3-15-14(18)13-6-4-12(5-7-13)10-17-9-8-16-11(17)2/h4-9H,3,10H2,1-2H3,(H,15,18). The number of rotatable bonds is 4. The Balaban J connectivity index is 2.08. The molecular formula is C14H17N3O. The van der Waals surface area contributed by atoms with Gasteiger partial charge < -0.3 is 9.88 Å².